The molecule has 1 aliphatic rings. The van der Waals surface area contributed by atoms with Crippen molar-refractivity contribution >= 4 is 5.95 Å². The molecular formula is C13H23N3O2. The minimum atomic E-state index is 0.518. The number of rotatable bonds is 6. The van der Waals surface area contributed by atoms with Crippen molar-refractivity contribution in [1.82, 2.24) is 9.55 Å². The van der Waals surface area contributed by atoms with Crippen LogP contribution in [0.15, 0.2) is 6.20 Å². The molecule has 102 valence electrons. The first-order valence-corrected chi connectivity index (χ1v) is 6.67. The van der Waals surface area contributed by atoms with Crippen LogP contribution in [-0.2, 0) is 9.47 Å². The van der Waals surface area contributed by atoms with Crippen LogP contribution in [0.2, 0.25) is 0 Å². The van der Waals surface area contributed by atoms with Crippen LogP contribution in [-0.4, -0.2) is 43.0 Å². The van der Waals surface area contributed by atoms with Crippen molar-refractivity contribution in [3.63, 3.8) is 0 Å². The summed E-state index contributed by atoms with van der Waals surface area (Å²) >= 11 is 0. The smallest absolute Gasteiger partial charge is 0.203 e. The molecule has 0 aromatic carbocycles. The van der Waals surface area contributed by atoms with E-state index in [0.29, 0.717) is 6.04 Å². The average Bonchev–Trinajstić information content (AvgIpc) is 2.77. The lowest BCUT2D eigenvalue weighted by atomic mass is 10.1. The predicted molar refractivity (Wildman–Crippen MR) is 71.0 cm³/mol. The van der Waals surface area contributed by atoms with Gasteiger partial charge in [-0.1, -0.05) is 0 Å². The number of aryl methyl sites for hydroxylation is 1. The normalized spacial score (nSPS) is 17.0. The minimum Gasteiger partial charge on any atom is -0.385 e. The van der Waals surface area contributed by atoms with Gasteiger partial charge in [-0.3, -0.25) is 0 Å². The highest BCUT2D eigenvalue weighted by Crippen LogP contribution is 2.25. The van der Waals surface area contributed by atoms with Crippen LogP contribution in [0.5, 0.6) is 0 Å². The molecule has 1 aliphatic heterocycles. The zero-order chi connectivity index (χ0) is 12.8. The number of methoxy groups -OCH3 is 1. The number of nitrogens with one attached hydrogen (secondary N) is 1. The summed E-state index contributed by atoms with van der Waals surface area (Å²) in [6.45, 7) is 5.42. The Morgan fingerprint density at radius 1 is 1.50 bits per heavy atom. The maximum Gasteiger partial charge on any atom is 0.203 e. The molecule has 0 saturated carbocycles. The molecule has 1 N–H and O–H groups in total. The van der Waals surface area contributed by atoms with Gasteiger partial charge < -0.3 is 19.4 Å². The van der Waals surface area contributed by atoms with Crippen molar-refractivity contribution in [3.05, 3.63) is 11.9 Å². The van der Waals surface area contributed by atoms with Gasteiger partial charge in [-0.05, 0) is 26.2 Å². The number of imidazole rings is 1. The molecule has 2 rings (SSSR count). The topological polar surface area (TPSA) is 48.3 Å². The molecule has 0 spiro atoms. The van der Waals surface area contributed by atoms with Crippen LogP contribution in [0, 0.1) is 6.92 Å². The highest BCUT2D eigenvalue weighted by Gasteiger charge is 2.18. The van der Waals surface area contributed by atoms with Gasteiger partial charge >= 0.3 is 0 Å². The molecule has 0 radical (unpaired) electrons. The number of aromatic nitrogens is 2. The zero-order valence-electron chi connectivity index (χ0n) is 11.3. The lowest BCUT2D eigenvalue weighted by Crippen LogP contribution is -2.21. The average molecular weight is 253 g/mol. The van der Waals surface area contributed by atoms with E-state index in [-0.39, 0.29) is 0 Å². The van der Waals surface area contributed by atoms with E-state index in [9.17, 15) is 0 Å². The van der Waals surface area contributed by atoms with Gasteiger partial charge in [0.15, 0.2) is 0 Å². The van der Waals surface area contributed by atoms with Gasteiger partial charge in [-0.25, -0.2) is 4.98 Å². The lowest BCUT2D eigenvalue weighted by molar-refractivity contribution is 0.0700. The summed E-state index contributed by atoms with van der Waals surface area (Å²) in [6.07, 6.45) is 5.27. The Morgan fingerprint density at radius 2 is 2.28 bits per heavy atom. The maximum atomic E-state index is 5.41. The molecule has 2 heterocycles. The van der Waals surface area contributed by atoms with E-state index in [1.165, 1.54) is 0 Å². The van der Waals surface area contributed by atoms with E-state index in [0.717, 1.165) is 57.3 Å². The first-order chi connectivity index (χ1) is 8.81. The van der Waals surface area contributed by atoms with E-state index in [4.69, 9.17) is 9.47 Å². The summed E-state index contributed by atoms with van der Waals surface area (Å²) in [7, 11) is 1.73. The molecule has 0 atom stereocenters. The molecule has 18 heavy (non-hydrogen) atoms. The van der Waals surface area contributed by atoms with E-state index in [1.54, 1.807) is 7.11 Å². The van der Waals surface area contributed by atoms with Crippen molar-refractivity contribution in [3.8, 4) is 0 Å². The Hall–Kier alpha value is -1.07. The van der Waals surface area contributed by atoms with Gasteiger partial charge in [0.25, 0.3) is 0 Å². The van der Waals surface area contributed by atoms with Crippen LogP contribution in [0.3, 0.4) is 0 Å². The summed E-state index contributed by atoms with van der Waals surface area (Å²) in [4.78, 5) is 4.55. The molecule has 0 unspecified atom stereocenters. The number of hydrogen-bond acceptors (Lipinski definition) is 4. The predicted octanol–water partition coefficient (Wildman–Crippen LogP) is 1.99. The molecule has 5 nitrogen and oxygen atoms in total. The molecule has 0 aliphatic carbocycles. The third-order valence-electron chi connectivity index (χ3n) is 3.25. The number of hydrogen-bond donors (Lipinski definition) is 1. The van der Waals surface area contributed by atoms with Crippen LogP contribution in [0.4, 0.5) is 5.95 Å². The van der Waals surface area contributed by atoms with Gasteiger partial charge in [0, 0.05) is 45.7 Å². The monoisotopic (exact) mass is 253 g/mol. The van der Waals surface area contributed by atoms with E-state index >= 15 is 0 Å². The molecule has 0 bridgehead atoms. The molecular weight excluding hydrogens is 230 g/mol. The first-order valence-electron chi connectivity index (χ1n) is 6.67. The Balaban J connectivity index is 1.95. The molecule has 1 fully saturated rings. The van der Waals surface area contributed by atoms with Gasteiger partial charge in [0.1, 0.15) is 0 Å². The second kappa shape index (κ2) is 6.75. The fraction of sp³-hybridized carbons (Fsp3) is 0.769. The maximum absolute atomic E-state index is 5.41. The third kappa shape index (κ3) is 3.46. The van der Waals surface area contributed by atoms with E-state index in [2.05, 4.69) is 21.1 Å². The SMILES string of the molecule is COCCCNc1nc(C)cn1C1CCOCC1. The Morgan fingerprint density at radius 3 is 3.00 bits per heavy atom. The van der Waals surface area contributed by atoms with Crippen LogP contribution >= 0.6 is 0 Å². The second-order valence-electron chi connectivity index (χ2n) is 4.73. The lowest BCUT2D eigenvalue weighted by Gasteiger charge is -2.25. The molecule has 0 amide bonds. The third-order valence-corrected chi connectivity index (χ3v) is 3.25. The van der Waals surface area contributed by atoms with E-state index in [1.807, 2.05) is 6.92 Å². The van der Waals surface area contributed by atoms with E-state index < -0.39 is 0 Å². The summed E-state index contributed by atoms with van der Waals surface area (Å²) in [5.74, 6) is 0.982. The molecule has 5 heteroatoms. The summed E-state index contributed by atoms with van der Waals surface area (Å²) < 4.78 is 12.7. The number of ether oxygens (including phenoxy) is 2. The van der Waals surface area contributed by atoms with Crippen molar-refractivity contribution in [1.29, 1.82) is 0 Å². The fourth-order valence-electron chi connectivity index (χ4n) is 2.31. The van der Waals surface area contributed by atoms with Crippen molar-refractivity contribution in [2.45, 2.75) is 32.2 Å². The fourth-order valence-corrected chi connectivity index (χ4v) is 2.31. The van der Waals surface area contributed by atoms with Crippen LogP contribution in [0.25, 0.3) is 0 Å². The van der Waals surface area contributed by atoms with Gasteiger partial charge in [-0.2, -0.15) is 0 Å². The number of nitrogens with zero attached hydrogens (tertiary/aromatic N) is 2. The minimum absolute atomic E-state index is 0.518. The van der Waals surface area contributed by atoms with Gasteiger partial charge in [-0.15, -0.1) is 0 Å². The summed E-state index contributed by atoms with van der Waals surface area (Å²) in [5, 5.41) is 3.40. The Labute approximate surface area is 108 Å². The first kappa shape index (κ1) is 13.4. The second-order valence-corrected chi connectivity index (χ2v) is 4.73. The quantitative estimate of drug-likeness (QED) is 0.788. The molecule has 1 saturated heterocycles. The summed E-state index contributed by atoms with van der Waals surface area (Å²) in [5.41, 5.74) is 1.07. The largest absolute Gasteiger partial charge is 0.385 e. The Kier molecular flexibility index (Phi) is 5.01. The number of anilines is 1. The highest BCUT2D eigenvalue weighted by molar-refractivity contribution is 5.29. The summed E-state index contributed by atoms with van der Waals surface area (Å²) in [6, 6.07) is 0.518. The van der Waals surface area contributed by atoms with Crippen LogP contribution in [0.1, 0.15) is 31.0 Å². The highest BCUT2D eigenvalue weighted by atomic mass is 16.5. The van der Waals surface area contributed by atoms with Crippen molar-refractivity contribution in [2.24, 2.45) is 0 Å². The van der Waals surface area contributed by atoms with Crippen molar-refractivity contribution < 1.29 is 9.47 Å². The van der Waals surface area contributed by atoms with Gasteiger partial charge in [0.2, 0.25) is 5.95 Å². The molecule has 1 aromatic rings. The van der Waals surface area contributed by atoms with Gasteiger partial charge in [0.05, 0.1) is 5.69 Å². The molecule has 1 aromatic heterocycles. The van der Waals surface area contributed by atoms with Crippen LogP contribution < -0.4 is 5.32 Å². The standard InChI is InChI=1S/C13H23N3O2/c1-11-10-16(12-4-8-18-9-5-12)13(15-11)14-6-3-7-17-2/h10,12H,3-9H2,1-2H3,(H,14,15). The zero-order valence-corrected chi connectivity index (χ0v) is 11.3. The Bertz CT molecular complexity index is 359. The van der Waals surface area contributed by atoms with Crippen molar-refractivity contribution in [2.75, 3.05) is 38.8 Å².